The van der Waals surface area contributed by atoms with E-state index in [1.807, 2.05) is 12.3 Å². The van der Waals surface area contributed by atoms with Gasteiger partial charge in [-0.2, -0.15) is 0 Å². The van der Waals surface area contributed by atoms with E-state index in [4.69, 9.17) is 0 Å². The first-order valence-corrected chi connectivity index (χ1v) is 10.0. The van der Waals surface area contributed by atoms with E-state index >= 15 is 0 Å². The lowest BCUT2D eigenvalue weighted by Gasteiger charge is -2.20. The Morgan fingerprint density at radius 1 is 1.18 bits per heavy atom. The monoisotopic (exact) mass is 383 g/mol. The van der Waals surface area contributed by atoms with Crippen molar-refractivity contribution in [3.05, 3.63) is 59.5 Å². The van der Waals surface area contributed by atoms with Crippen molar-refractivity contribution >= 4 is 11.8 Å². The zero-order chi connectivity index (χ0) is 20.0. The predicted octanol–water partition coefficient (Wildman–Crippen LogP) is 3.46. The third-order valence-electron chi connectivity index (χ3n) is 5.46. The Kier molecular flexibility index (Phi) is 6.49. The molecule has 5 nitrogen and oxygen atoms in total. The van der Waals surface area contributed by atoms with Crippen LogP contribution in [-0.4, -0.2) is 37.6 Å². The summed E-state index contributed by atoms with van der Waals surface area (Å²) in [5, 5.41) is 6.73. The molecule has 150 valence electrons. The van der Waals surface area contributed by atoms with E-state index in [0.29, 0.717) is 6.54 Å². The van der Waals surface area contributed by atoms with Gasteiger partial charge in [0.2, 0.25) is 0 Å². The van der Waals surface area contributed by atoms with Gasteiger partial charge in [0.25, 0.3) is 0 Å². The molecule has 0 spiro atoms. The fourth-order valence-electron chi connectivity index (χ4n) is 3.45. The summed E-state index contributed by atoms with van der Waals surface area (Å²) in [4.78, 5) is 11.1. The number of aromatic nitrogens is 1. The van der Waals surface area contributed by atoms with Crippen LogP contribution in [0.3, 0.4) is 0 Å². The van der Waals surface area contributed by atoms with Crippen molar-refractivity contribution < 1.29 is 4.39 Å². The van der Waals surface area contributed by atoms with Crippen molar-refractivity contribution in [3.8, 4) is 0 Å². The number of guanidine groups is 1. The summed E-state index contributed by atoms with van der Waals surface area (Å²) in [5.41, 5.74) is 2.18. The summed E-state index contributed by atoms with van der Waals surface area (Å²) in [5.74, 6) is 1.57. The molecule has 0 saturated heterocycles. The molecule has 1 heterocycles. The first-order chi connectivity index (χ1) is 13.6. The van der Waals surface area contributed by atoms with Gasteiger partial charge in [-0.3, -0.25) is 4.99 Å². The molecule has 1 aliphatic rings. The summed E-state index contributed by atoms with van der Waals surface area (Å²) in [7, 11) is 1.76. The van der Waals surface area contributed by atoms with E-state index in [0.717, 1.165) is 55.4 Å². The molecular formula is C22H30FN5. The van der Waals surface area contributed by atoms with Crippen LogP contribution in [0.1, 0.15) is 37.8 Å². The minimum atomic E-state index is -0.174. The highest BCUT2D eigenvalue weighted by atomic mass is 19.1. The minimum Gasteiger partial charge on any atom is -0.357 e. The predicted molar refractivity (Wildman–Crippen MR) is 113 cm³/mol. The highest BCUT2D eigenvalue weighted by molar-refractivity contribution is 5.79. The Bertz CT molecular complexity index is 795. The number of hydrogen-bond donors (Lipinski definition) is 2. The molecule has 0 atom stereocenters. The van der Waals surface area contributed by atoms with Crippen LogP contribution in [0.2, 0.25) is 0 Å². The first kappa shape index (κ1) is 20.1. The second-order valence-electron chi connectivity index (χ2n) is 7.27. The van der Waals surface area contributed by atoms with Gasteiger partial charge in [0.1, 0.15) is 11.6 Å². The van der Waals surface area contributed by atoms with Gasteiger partial charge in [0, 0.05) is 44.8 Å². The number of anilines is 1. The average Bonchev–Trinajstić information content (AvgIpc) is 3.51. The van der Waals surface area contributed by atoms with E-state index in [9.17, 15) is 4.39 Å². The molecular weight excluding hydrogens is 353 g/mol. The van der Waals surface area contributed by atoms with Crippen LogP contribution in [-0.2, 0) is 12.0 Å². The summed E-state index contributed by atoms with van der Waals surface area (Å²) >= 11 is 0. The molecule has 1 saturated carbocycles. The lowest BCUT2D eigenvalue weighted by Crippen LogP contribution is -2.40. The second-order valence-corrected chi connectivity index (χ2v) is 7.27. The van der Waals surface area contributed by atoms with Gasteiger partial charge in [-0.05, 0) is 56.0 Å². The molecule has 2 aromatic rings. The van der Waals surface area contributed by atoms with Crippen LogP contribution in [0.15, 0.2) is 47.6 Å². The Balaban J connectivity index is 1.53. The van der Waals surface area contributed by atoms with E-state index in [2.05, 4.69) is 51.5 Å². The highest BCUT2D eigenvalue weighted by Crippen LogP contribution is 2.47. The fraction of sp³-hybridized carbons (Fsp3) is 0.455. The Morgan fingerprint density at radius 2 is 1.96 bits per heavy atom. The van der Waals surface area contributed by atoms with Crippen molar-refractivity contribution in [2.24, 2.45) is 4.99 Å². The molecule has 0 radical (unpaired) electrons. The van der Waals surface area contributed by atoms with Crippen LogP contribution >= 0.6 is 0 Å². The molecule has 0 aliphatic heterocycles. The van der Waals surface area contributed by atoms with E-state index in [1.54, 1.807) is 19.2 Å². The summed E-state index contributed by atoms with van der Waals surface area (Å²) < 4.78 is 13.6. The molecule has 28 heavy (non-hydrogen) atoms. The lowest BCUT2D eigenvalue weighted by molar-refractivity contribution is 0.607. The molecule has 1 aromatic carbocycles. The number of aliphatic imine (C=N–C) groups is 1. The van der Waals surface area contributed by atoms with Gasteiger partial charge in [0.05, 0.1) is 0 Å². The molecule has 2 N–H and O–H groups in total. The second kappa shape index (κ2) is 9.04. The fourth-order valence-corrected chi connectivity index (χ4v) is 3.45. The van der Waals surface area contributed by atoms with Gasteiger partial charge >= 0.3 is 0 Å². The molecule has 0 bridgehead atoms. The third kappa shape index (κ3) is 4.80. The van der Waals surface area contributed by atoms with Gasteiger partial charge in [-0.1, -0.05) is 18.2 Å². The Morgan fingerprint density at radius 3 is 2.54 bits per heavy atom. The number of halogens is 1. The smallest absolute Gasteiger partial charge is 0.191 e. The number of nitrogens with one attached hydrogen (secondary N) is 2. The molecule has 1 aliphatic carbocycles. The number of hydrogen-bond acceptors (Lipinski definition) is 3. The van der Waals surface area contributed by atoms with E-state index < -0.39 is 0 Å². The van der Waals surface area contributed by atoms with E-state index in [1.165, 1.54) is 6.07 Å². The van der Waals surface area contributed by atoms with Crippen LogP contribution in [0, 0.1) is 5.82 Å². The maximum Gasteiger partial charge on any atom is 0.191 e. The summed E-state index contributed by atoms with van der Waals surface area (Å²) in [6.07, 6.45) is 4.04. The molecule has 1 fully saturated rings. The molecule has 1 aromatic heterocycles. The van der Waals surface area contributed by atoms with Gasteiger partial charge < -0.3 is 15.5 Å². The molecule has 0 unspecified atom stereocenters. The maximum absolute atomic E-state index is 13.6. The normalized spacial score (nSPS) is 15.2. The van der Waals surface area contributed by atoms with E-state index in [-0.39, 0.29) is 11.2 Å². The zero-order valence-electron chi connectivity index (χ0n) is 17.0. The average molecular weight is 384 g/mol. The highest BCUT2D eigenvalue weighted by Gasteiger charge is 2.44. The zero-order valence-corrected chi connectivity index (χ0v) is 17.0. The topological polar surface area (TPSA) is 52.5 Å². The SMILES string of the molecule is CCN(CC)c1ccc(CNC(=NC)NCC2(c3cccc(F)c3)CC2)cn1. The molecule has 6 heteroatoms. The van der Waals surface area contributed by atoms with Gasteiger partial charge in [-0.15, -0.1) is 0 Å². The van der Waals surface area contributed by atoms with Crippen LogP contribution < -0.4 is 15.5 Å². The number of pyridine rings is 1. The van der Waals surface area contributed by atoms with Gasteiger partial charge in [-0.25, -0.2) is 9.37 Å². The third-order valence-corrected chi connectivity index (χ3v) is 5.46. The Hall–Kier alpha value is -2.63. The van der Waals surface area contributed by atoms with Crippen LogP contribution in [0.4, 0.5) is 10.2 Å². The number of nitrogens with zero attached hydrogens (tertiary/aromatic N) is 3. The minimum absolute atomic E-state index is 0.0205. The molecule has 3 rings (SSSR count). The maximum atomic E-state index is 13.6. The van der Waals surface area contributed by atoms with Crippen molar-refractivity contribution in [2.75, 3.05) is 31.6 Å². The van der Waals surface area contributed by atoms with Crippen molar-refractivity contribution in [1.82, 2.24) is 15.6 Å². The largest absolute Gasteiger partial charge is 0.357 e. The summed E-state index contributed by atoms with van der Waals surface area (Å²) in [6.45, 7) is 7.56. The van der Waals surface area contributed by atoms with Gasteiger partial charge in [0.15, 0.2) is 5.96 Å². The molecule has 0 amide bonds. The van der Waals surface area contributed by atoms with Crippen LogP contribution in [0.25, 0.3) is 0 Å². The quantitative estimate of drug-likeness (QED) is 0.541. The lowest BCUT2D eigenvalue weighted by atomic mass is 9.96. The van der Waals surface area contributed by atoms with Crippen molar-refractivity contribution in [1.29, 1.82) is 0 Å². The summed E-state index contributed by atoms with van der Waals surface area (Å²) in [6, 6.07) is 11.1. The number of rotatable bonds is 8. The van der Waals surface area contributed by atoms with Crippen molar-refractivity contribution in [2.45, 2.75) is 38.6 Å². The first-order valence-electron chi connectivity index (χ1n) is 10.0. The Labute approximate surface area is 167 Å². The number of benzene rings is 1. The van der Waals surface area contributed by atoms with Crippen molar-refractivity contribution in [3.63, 3.8) is 0 Å². The van der Waals surface area contributed by atoms with Crippen LogP contribution in [0.5, 0.6) is 0 Å². The standard InChI is InChI=1S/C22H30FN5/c1-4-28(5-2)20-10-9-17(14-25-20)15-26-21(24-3)27-16-22(11-12-22)18-7-6-8-19(23)13-18/h6-10,13-14H,4-5,11-12,15-16H2,1-3H3,(H2,24,26,27).